The Morgan fingerprint density at radius 3 is 2.75 bits per heavy atom. The maximum atomic E-state index is 8.55. The summed E-state index contributed by atoms with van der Waals surface area (Å²) < 4.78 is 0. The summed E-state index contributed by atoms with van der Waals surface area (Å²) in [5.74, 6) is 0. The number of nitrogens with one attached hydrogen (secondary N) is 1. The van der Waals surface area contributed by atoms with Crippen molar-refractivity contribution in [2.24, 2.45) is 4.99 Å². The fraction of sp³-hybridized carbons (Fsp3) is 0.167. The number of allylic oxidation sites excluding steroid dienone is 1. The zero-order valence-corrected chi connectivity index (χ0v) is 10.1. The third-order valence-electron chi connectivity index (χ3n) is 1.94. The van der Waals surface area contributed by atoms with Crippen LogP contribution in [0.1, 0.15) is 12.5 Å². The van der Waals surface area contributed by atoms with Crippen LogP contribution in [0.2, 0.25) is 0 Å². The van der Waals surface area contributed by atoms with Gasteiger partial charge in [-0.15, -0.1) is 0 Å². The maximum Gasteiger partial charge on any atom is 0.183 e. The van der Waals surface area contributed by atoms with Gasteiger partial charge in [-0.1, -0.05) is 36.5 Å². The summed E-state index contributed by atoms with van der Waals surface area (Å²) in [6.07, 6.45) is 3.73. The average Bonchev–Trinajstić information content (AvgIpc) is 2.29. The van der Waals surface area contributed by atoms with Gasteiger partial charge >= 0.3 is 0 Å². The lowest BCUT2D eigenvalue weighted by molar-refractivity contribution is 1.28. The van der Waals surface area contributed by atoms with Gasteiger partial charge in [-0.05, 0) is 24.8 Å². The molecule has 82 valence electrons. The Hall–Kier alpha value is -1.73. The van der Waals surface area contributed by atoms with Crippen LogP contribution in [0.5, 0.6) is 0 Å². The monoisotopic (exact) mass is 231 g/mol. The molecule has 0 aliphatic heterocycles. The molecule has 0 atom stereocenters. The number of amidine groups is 1. The highest BCUT2D eigenvalue weighted by molar-refractivity contribution is 8.13. The molecule has 16 heavy (non-hydrogen) atoms. The number of rotatable bonds is 2. The molecule has 0 amide bonds. The van der Waals surface area contributed by atoms with Crippen LogP contribution in [0.25, 0.3) is 5.57 Å². The van der Waals surface area contributed by atoms with Crippen molar-refractivity contribution in [3.63, 3.8) is 0 Å². The first-order chi connectivity index (χ1) is 7.69. The van der Waals surface area contributed by atoms with Gasteiger partial charge in [0.15, 0.2) is 11.4 Å². The lowest BCUT2D eigenvalue weighted by Crippen LogP contribution is -2.12. The molecule has 0 saturated carbocycles. The number of thioether (sulfide) groups is 1. The number of para-hydroxylation sites is 1. The summed E-state index contributed by atoms with van der Waals surface area (Å²) in [4.78, 5) is 4.37. The molecular weight excluding hydrogens is 218 g/mol. The first-order valence-corrected chi connectivity index (χ1v) is 5.94. The van der Waals surface area contributed by atoms with E-state index in [0.29, 0.717) is 5.17 Å². The van der Waals surface area contributed by atoms with Crippen molar-refractivity contribution in [1.82, 2.24) is 5.32 Å². The zero-order valence-electron chi connectivity index (χ0n) is 9.32. The van der Waals surface area contributed by atoms with E-state index in [1.807, 2.05) is 43.6 Å². The maximum absolute atomic E-state index is 8.55. The minimum Gasteiger partial charge on any atom is -0.271 e. The quantitative estimate of drug-likeness (QED) is 0.368. The molecule has 1 aromatic rings. The molecule has 0 aliphatic rings. The van der Waals surface area contributed by atoms with Crippen molar-refractivity contribution in [2.75, 3.05) is 6.26 Å². The number of nitriles is 1. The molecule has 0 fully saturated rings. The molecule has 1 aromatic carbocycles. The van der Waals surface area contributed by atoms with E-state index in [1.165, 1.54) is 11.8 Å². The van der Waals surface area contributed by atoms with Gasteiger partial charge in [0, 0.05) is 5.56 Å². The van der Waals surface area contributed by atoms with Gasteiger partial charge in [0.25, 0.3) is 0 Å². The molecule has 0 radical (unpaired) electrons. The second-order valence-corrected chi connectivity index (χ2v) is 3.95. The summed E-state index contributed by atoms with van der Waals surface area (Å²) in [6.45, 7) is 5.84. The lowest BCUT2D eigenvalue weighted by Gasteiger charge is -2.05. The number of nitrogens with zero attached hydrogens (tertiary/aromatic N) is 2. The molecule has 0 aliphatic carbocycles. The molecule has 1 N–H and O–H groups in total. The second kappa shape index (κ2) is 5.99. The Bertz CT molecular complexity index is 458. The summed E-state index contributed by atoms with van der Waals surface area (Å²) in [5.41, 5.74) is 2.77. The van der Waals surface area contributed by atoms with Gasteiger partial charge in [0.05, 0.1) is 5.69 Å². The first-order valence-electron chi connectivity index (χ1n) is 4.71. The first kappa shape index (κ1) is 12.3. The smallest absolute Gasteiger partial charge is 0.183 e. The van der Waals surface area contributed by atoms with Gasteiger partial charge in [0.1, 0.15) is 0 Å². The summed E-state index contributed by atoms with van der Waals surface area (Å²) in [6, 6.07) is 7.72. The molecule has 4 heteroatoms. The highest BCUT2D eigenvalue weighted by Gasteiger charge is 2.02. The van der Waals surface area contributed by atoms with Crippen LogP contribution in [0.15, 0.2) is 35.8 Å². The van der Waals surface area contributed by atoms with Crippen molar-refractivity contribution in [3.8, 4) is 6.19 Å². The molecule has 0 saturated heterocycles. The number of hydrogen-bond acceptors (Lipinski definition) is 3. The molecule has 0 aromatic heterocycles. The van der Waals surface area contributed by atoms with Gasteiger partial charge in [-0.2, -0.15) is 5.26 Å². The van der Waals surface area contributed by atoms with Gasteiger partial charge in [0.2, 0.25) is 0 Å². The fourth-order valence-electron chi connectivity index (χ4n) is 1.21. The highest BCUT2D eigenvalue weighted by Crippen LogP contribution is 2.25. The van der Waals surface area contributed by atoms with Crippen molar-refractivity contribution in [3.05, 3.63) is 36.4 Å². The van der Waals surface area contributed by atoms with E-state index in [2.05, 4.69) is 16.9 Å². The highest BCUT2D eigenvalue weighted by atomic mass is 32.2. The Balaban J connectivity index is 3.13. The van der Waals surface area contributed by atoms with E-state index < -0.39 is 0 Å². The van der Waals surface area contributed by atoms with Crippen LogP contribution in [0.3, 0.4) is 0 Å². The van der Waals surface area contributed by atoms with Crippen molar-refractivity contribution in [2.45, 2.75) is 6.92 Å². The Labute approximate surface area is 99.9 Å². The molecule has 1 rings (SSSR count). The third kappa shape index (κ3) is 3.14. The van der Waals surface area contributed by atoms with Crippen LogP contribution < -0.4 is 5.32 Å². The molecule has 0 heterocycles. The SMILES string of the molecule is C=C(C)c1ccccc1N=C(NC#N)SC. The topological polar surface area (TPSA) is 48.2 Å². The standard InChI is InChI=1S/C12H13N3S/c1-9(2)10-6-4-5-7-11(10)15-12(16-3)14-8-13/h4-7H,1H2,2-3H3,(H,14,15). The van der Waals surface area contributed by atoms with E-state index >= 15 is 0 Å². The van der Waals surface area contributed by atoms with Crippen molar-refractivity contribution < 1.29 is 0 Å². The van der Waals surface area contributed by atoms with Crippen LogP contribution >= 0.6 is 11.8 Å². The van der Waals surface area contributed by atoms with E-state index in [4.69, 9.17) is 5.26 Å². The predicted molar refractivity (Wildman–Crippen MR) is 70.5 cm³/mol. The predicted octanol–water partition coefficient (Wildman–Crippen LogP) is 3.14. The number of hydrogen-bond donors (Lipinski definition) is 1. The number of aliphatic imine (C=N–C) groups is 1. The molecule has 0 bridgehead atoms. The average molecular weight is 231 g/mol. The molecule has 0 unspecified atom stereocenters. The van der Waals surface area contributed by atoms with Crippen LogP contribution in [-0.2, 0) is 0 Å². The van der Waals surface area contributed by atoms with Crippen LogP contribution in [-0.4, -0.2) is 11.4 Å². The Kier molecular flexibility index (Phi) is 4.62. The largest absolute Gasteiger partial charge is 0.271 e. The number of benzene rings is 1. The molecular formula is C12H13N3S. The van der Waals surface area contributed by atoms with Crippen LogP contribution in [0, 0.1) is 11.5 Å². The second-order valence-electron chi connectivity index (χ2n) is 3.16. The summed E-state index contributed by atoms with van der Waals surface area (Å²) >= 11 is 1.40. The fourth-order valence-corrected chi connectivity index (χ4v) is 1.55. The van der Waals surface area contributed by atoms with Crippen LogP contribution in [0.4, 0.5) is 5.69 Å². The van der Waals surface area contributed by atoms with E-state index in [-0.39, 0.29) is 0 Å². The normalized spacial score (nSPS) is 10.7. The van der Waals surface area contributed by atoms with Crippen molar-refractivity contribution in [1.29, 1.82) is 5.26 Å². The Morgan fingerprint density at radius 2 is 2.19 bits per heavy atom. The van der Waals surface area contributed by atoms with Crippen molar-refractivity contribution >= 4 is 28.2 Å². The molecule has 3 nitrogen and oxygen atoms in total. The molecule has 0 spiro atoms. The van der Waals surface area contributed by atoms with E-state index in [1.54, 1.807) is 0 Å². The van der Waals surface area contributed by atoms with E-state index in [9.17, 15) is 0 Å². The lowest BCUT2D eigenvalue weighted by atomic mass is 10.1. The minimum atomic E-state index is 0.580. The van der Waals surface area contributed by atoms with E-state index in [0.717, 1.165) is 16.8 Å². The third-order valence-corrected chi connectivity index (χ3v) is 2.52. The van der Waals surface area contributed by atoms with Gasteiger partial charge < -0.3 is 0 Å². The summed E-state index contributed by atoms with van der Waals surface area (Å²) in [7, 11) is 0. The van der Waals surface area contributed by atoms with Gasteiger partial charge in [-0.3, -0.25) is 5.32 Å². The minimum absolute atomic E-state index is 0.580. The van der Waals surface area contributed by atoms with Gasteiger partial charge in [-0.25, -0.2) is 4.99 Å². The zero-order chi connectivity index (χ0) is 12.0. The Morgan fingerprint density at radius 1 is 1.50 bits per heavy atom. The summed E-state index contributed by atoms with van der Waals surface area (Å²) in [5, 5.41) is 11.7.